The number of hydrogen-bond donors (Lipinski definition) is 1. The van der Waals surface area contributed by atoms with Gasteiger partial charge in [-0.1, -0.05) is 34.6 Å². The van der Waals surface area contributed by atoms with E-state index in [2.05, 4.69) is 0 Å². The van der Waals surface area contributed by atoms with Crippen LogP contribution in [0.25, 0.3) is 0 Å². The van der Waals surface area contributed by atoms with Crippen molar-refractivity contribution in [2.45, 2.75) is 52.0 Å². The molecule has 2 amide bonds. The number of nitrogens with zero attached hydrogens (tertiary/aromatic N) is 2. The van der Waals surface area contributed by atoms with Gasteiger partial charge in [0.15, 0.2) is 0 Å². The van der Waals surface area contributed by atoms with Crippen molar-refractivity contribution >= 4 is 23.6 Å². The van der Waals surface area contributed by atoms with Crippen LogP contribution in [0.5, 0.6) is 0 Å². The second-order valence-electron chi connectivity index (χ2n) is 7.78. The van der Waals surface area contributed by atoms with Crippen LogP contribution in [0, 0.1) is 11.3 Å². The van der Waals surface area contributed by atoms with Gasteiger partial charge in [-0.15, -0.1) is 11.8 Å². The molecule has 0 radical (unpaired) electrons. The lowest BCUT2D eigenvalue weighted by atomic mass is 9.93. The first-order valence-electron chi connectivity index (χ1n) is 8.09. The molecule has 2 N–H and O–H groups in total. The quantitative estimate of drug-likeness (QED) is 0.835. The predicted octanol–water partition coefficient (Wildman–Crippen LogP) is 1.52. The Morgan fingerprint density at radius 2 is 1.86 bits per heavy atom. The molecule has 2 saturated heterocycles. The van der Waals surface area contributed by atoms with Crippen molar-refractivity contribution in [1.29, 1.82) is 0 Å². The van der Waals surface area contributed by atoms with Crippen LogP contribution in [0.1, 0.15) is 41.0 Å². The highest BCUT2D eigenvalue weighted by Gasteiger charge is 2.51. The summed E-state index contributed by atoms with van der Waals surface area (Å²) in [5.74, 6) is 1.27. The van der Waals surface area contributed by atoms with E-state index in [4.69, 9.17) is 5.73 Å². The fourth-order valence-corrected chi connectivity index (χ4v) is 4.55. The molecule has 2 aliphatic rings. The first kappa shape index (κ1) is 17.6. The summed E-state index contributed by atoms with van der Waals surface area (Å²) in [7, 11) is 0. The molecule has 0 saturated carbocycles. The normalized spacial score (nSPS) is 27.0. The van der Waals surface area contributed by atoms with Gasteiger partial charge in [0.2, 0.25) is 11.8 Å². The maximum Gasteiger partial charge on any atom is 0.239 e. The molecule has 0 aromatic carbocycles. The van der Waals surface area contributed by atoms with Gasteiger partial charge in [0.25, 0.3) is 0 Å². The van der Waals surface area contributed by atoms with E-state index in [0.717, 1.165) is 18.7 Å². The Hall–Kier alpha value is -0.750. The number of hydrogen-bond acceptors (Lipinski definition) is 4. The summed E-state index contributed by atoms with van der Waals surface area (Å²) in [6.07, 6.45) is 0.843. The smallest absolute Gasteiger partial charge is 0.239 e. The molecule has 0 bridgehead atoms. The zero-order chi connectivity index (χ0) is 16.7. The fourth-order valence-electron chi connectivity index (χ4n) is 3.09. The van der Waals surface area contributed by atoms with Gasteiger partial charge in [-0.2, -0.15) is 0 Å². The maximum atomic E-state index is 12.7. The lowest BCUT2D eigenvalue weighted by Gasteiger charge is -2.38. The minimum Gasteiger partial charge on any atom is -0.338 e. The van der Waals surface area contributed by atoms with Gasteiger partial charge in [-0.05, 0) is 12.3 Å². The Morgan fingerprint density at radius 1 is 1.23 bits per heavy atom. The SMILES string of the molecule is CC(C)[C@H](N)C(=O)N1CCC2(C1)SCCN2C(=O)C(C)(C)C. The second kappa shape index (κ2) is 6.04. The predicted molar refractivity (Wildman–Crippen MR) is 90.4 cm³/mol. The lowest BCUT2D eigenvalue weighted by molar-refractivity contribution is -0.142. The van der Waals surface area contributed by atoms with Crippen LogP contribution in [0.15, 0.2) is 0 Å². The summed E-state index contributed by atoms with van der Waals surface area (Å²) >= 11 is 1.82. The van der Waals surface area contributed by atoms with Gasteiger partial charge in [0.1, 0.15) is 4.87 Å². The Kier molecular flexibility index (Phi) is 4.83. The highest BCUT2D eigenvalue weighted by atomic mass is 32.2. The zero-order valence-corrected chi connectivity index (χ0v) is 15.2. The molecule has 1 spiro atoms. The number of carbonyl (C=O) groups is 2. The molecule has 5 nitrogen and oxygen atoms in total. The molecule has 2 aliphatic heterocycles. The largest absolute Gasteiger partial charge is 0.338 e. The van der Waals surface area contributed by atoms with Gasteiger partial charge in [0, 0.05) is 24.3 Å². The summed E-state index contributed by atoms with van der Waals surface area (Å²) in [6, 6.07) is -0.451. The van der Waals surface area contributed by atoms with Gasteiger partial charge < -0.3 is 15.5 Å². The summed E-state index contributed by atoms with van der Waals surface area (Å²) in [5, 5.41) is 0. The van der Waals surface area contributed by atoms with E-state index in [1.165, 1.54) is 0 Å². The molecule has 126 valence electrons. The molecule has 1 unspecified atom stereocenters. The Bertz CT molecular complexity index is 461. The molecular formula is C16H29N3O2S. The lowest BCUT2D eigenvalue weighted by Crippen LogP contribution is -2.53. The third-order valence-corrected chi connectivity index (χ3v) is 6.07. The minimum atomic E-state index is -0.451. The highest BCUT2D eigenvalue weighted by molar-refractivity contribution is 8.00. The van der Waals surface area contributed by atoms with Crippen molar-refractivity contribution < 1.29 is 9.59 Å². The third kappa shape index (κ3) is 3.13. The molecule has 2 atom stereocenters. The zero-order valence-electron chi connectivity index (χ0n) is 14.4. The van der Waals surface area contributed by atoms with Crippen molar-refractivity contribution in [2.75, 3.05) is 25.4 Å². The van der Waals surface area contributed by atoms with E-state index in [1.54, 1.807) is 0 Å². The monoisotopic (exact) mass is 327 g/mol. The second-order valence-corrected chi connectivity index (χ2v) is 9.24. The van der Waals surface area contributed by atoms with E-state index >= 15 is 0 Å². The van der Waals surface area contributed by atoms with E-state index in [0.29, 0.717) is 13.1 Å². The Labute approximate surface area is 138 Å². The Morgan fingerprint density at radius 3 is 2.41 bits per heavy atom. The fraction of sp³-hybridized carbons (Fsp3) is 0.875. The van der Waals surface area contributed by atoms with Crippen LogP contribution in [-0.2, 0) is 9.59 Å². The number of amides is 2. The van der Waals surface area contributed by atoms with Crippen molar-refractivity contribution in [3.8, 4) is 0 Å². The molecule has 0 aromatic rings. The van der Waals surface area contributed by atoms with Crippen LogP contribution < -0.4 is 5.73 Å². The maximum absolute atomic E-state index is 12.7. The first-order valence-corrected chi connectivity index (χ1v) is 9.07. The topological polar surface area (TPSA) is 66.6 Å². The summed E-state index contributed by atoms with van der Waals surface area (Å²) in [5.41, 5.74) is 5.63. The molecular weight excluding hydrogens is 298 g/mol. The summed E-state index contributed by atoms with van der Waals surface area (Å²) in [4.78, 5) is 28.8. The van der Waals surface area contributed by atoms with Gasteiger partial charge in [-0.3, -0.25) is 9.59 Å². The molecule has 2 fully saturated rings. The van der Waals surface area contributed by atoms with Crippen molar-refractivity contribution in [3.05, 3.63) is 0 Å². The molecule has 6 heteroatoms. The number of rotatable bonds is 2. The standard InChI is InChI=1S/C16H29N3O2S/c1-11(2)12(17)13(20)18-7-6-16(10-18)19(8-9-22-16)14(21)15(3,4)5/h11-12H,6-10,17H2,1-5H3/t12-,16?/m0/s1. The van der Waals surface area contributed by atoms with Crippen molar-refractivity contribution in [3.63, 3.8) is 0 Å². The molecule has 22 heavy (non-hydrogen) atoms. The average molecular weight is 327 g/mol. The first-order chi connectivity index (χ1) is 10.1. The average Bonchev–Trinajstić information content (AvgIpc) is 3.03. The van der Waals surface area contributed by atoms with Crippen LogP contribution in [0.4, 0.5) is 0 Å². The molecule has 2 heterocycles. The summed E-state index contributed by atoms with van der Waals surface area (Å²) < 4.78 is 0. The van der Waals surface area contributed by atoms with Crippen LogP contribution in [-0.4, -0.2) is 57.9 Å². The minimum absolute atomic E-state index is 0.0162. The van der Waals surface area contributed by atoms with E-state index in [9.17, 15) is 9.59 Å². The number of nitrogens with two attached hydrogens (primary N) is 1. The molecule has 2 rings (SSSR count). The third-order valence-electron chi connectivity index (χ3n) is 4.59. The van der Waals surface area contributed by atoms with Crippen molar-refractivity contribution in [2.24, 2.45) is 17.1 Å². The van der Waals surface area contributed by atoms with Crippen molar-refractivity contribution in [1.82, 2.24) is 9.80 Å². The van der Waals surface area contributed by atoms with Gasteiger partial charge >= 0.3 is 0 Å². The van der Waals surface area contributed by atoms with Gasteiger partial charge in [-0.25, -0.2) is 0 Å². The Balaban J connectivity index is 2.13. The van der Waals surface area contributed by atoms with E-state index in [-0.39, 0.29) is 28.0 Å². The van der Waals surface area contributed by atoms with Crippen LogP contribution >= 0.6 is 11.8 Å². The molecule has 0 aliphatic carbocycles. The number of likely N-dealkylation sites (tertiary alicyclic amines) is 1. The summed E-state index contributed by atoms with van der Waals surface area (Å²) in [6.45, 7) is 11.9. The number of thioether (sulfide) groups is 1. The van der Waals surface area contributed by atoms with Crippen LogP contribution in [0.3, 0.4) is 0 Å². The highest BCUT2D eigenvalue weighted by Crippen LogP contribution is 2.44. The van der Waals surface area contributed by atoms with Gasteiger partial charge in [0.05, 0.1) is 12.6 Å². The number of carbonyl (C=O) groups excluding carboxylic acids is 2. The van der Waals surface area contributed by atoms with E-state index in [1.807, 2.05) is 56.2 Å². The van der Waals surface area contributed by atoms with E-state index < -0.39 is 6.04 Å². The molecule has 0 aromatic heterocycles. The van der Waals surface area contributed by atoms with Crippen LogP contribution in [0.2, 0.25) is 0 Å².